The molecule has 0 radical (unpaired) electrons. The van der Waals surface area contributed by atoms with Crippen LogP contribution in [-0.4, -0.2) is 14.2 Å². The zero-order valence-electron chi connectivity index (χ0n) is 17.1. The lowest BCUT2D eigenvalue weighted by atomic mass is 9.86. The van der Waals surface area contributed by atoms with E-state index in [4.69, 9.17) is 0 Å². The van der Waals surface area contributed by atoms with Crippen molar-refractivity contribution in [1.29, 1.82) is 0 Å². The molecule has 0 aliphatic rings. The Labute approximate surface area is 172 Å². The van der Waals surface area contributed by atoms with Crippen LogP contribution in [0.4, 0.5) is 5.69 Å². The Morgan fingerprint density at radius 3 is 2.03 bits per heavy atom. The minimum atomic E-state index is -3.72. The largest absolute Gasteiger partial charge is 0.289 e. The number of aryl methyl sites for hydroxylation is 1. The van der Waals surface area contributed by atoms with Gasteiger partial charge in [-0.15, -0.1) is 0 Å². The SMILES string of the molecule is Cc1ccc(S(=O)(=O)Nc2cccc(C(=O)c3ccc(C(C)(C)C)cc3)c2)cc1. The Balaban J connectivity index is 1.83. The van der Waals surface area contributed by atoms with Crippen molar-refractivity contribution in [2.75, 3.05) is 4.72 Å². The lowest BCUT2D eigenvalue weighted by molar-refractivity contribution is 0.103. The molecule has 0 spiro atoms. The van der Waals surface area contributed by atoms with Crippen LogP contribution in [0.2, 0.25) is 0 Å². The zero-order chi connectivity index (χ0) is 21.2. The van der Waals surface area contributed by atoms with Gasteiger partial charge in [-0.05, 0) is 42.2 Å². The second kappa shape index (κ2) is 7.84. The zero-order valence-corrected chi connectivity index (χ0v) is 17.9. The van der Waals surface area contributed by atoms with Gasteiger partial charge in [0.15, 0.2) is 5.78 Å². The summed E-state index contributed by atoms with van der Waals surface area (Å²) in [6, 6.07) is 20.7. The van der Waals surface area contributed by atoms with E-state index in [1.807, 2.05) is 31.2 Å². The topological polar surface area (TPSA) is 63.2 Å². The van der Waals surface area contributed by atoms with E-state index in [1.54, 1.807) is 48.5 Å². The standard InChI is InChI=1S/C24H25NO3S/c1-17-8-14-22(15-9-17)29(27,28)25-21-7-5-6-19(16-21)23(26)18-10-12-20(13-11-18)24(2,3)4/h5-16,25H,1-4H3. The minimum absolute atomic E-state index is 0.00967. The Morgan fingerprint density at radius 2 is 1.45 bits per heavy atom. The molecule has 150 valence electrons. The van der Waals surface area contributed by atoms with Crippen LogP contribution in [0.1, 0.15) is 47.8 Å². The summed E-state index contributed by atoms with van der Waals surface area (Å²) in [6.07, 6.45) is 0. The second-order valence-corrected chi connectivity index (χ2v) is 9.84. The molecular weight excluding hydrogens is 382 g/mol. The van der Waals surface area contributed by atoms with Crippen LogP contribution in [0.15, 0.2) is 77.7 Å². The number of ketones is 1. The fraction of sp³-hybridized carbons (Fsp3) is 0.208. The molecule has 29 heavy (non-hydrogen) atoms. The number of sulfonamides is 1. The van der Waals surface area contributed by atoms with Gasteiger partial charge >= 0.3 is 0 Å². The quantitative estimate of drug-likeness (QED) is 0.582. The molecule has 0 bridgehead atoms. The highest BCUT2D eigenvalue weighted by Gasteiger charge is 2.17. The molecule has 3 rings (SSSR count). The summed E-state index contributed by atoms with van der Waals surface area (Å²) in [4.78, 5) is 13.0. The van der Waals surface area contributed by atoms with Gasteiger partial charge in [0, 0.05) is 16.8 Å². The van der Waals surface area contributed by atoms with Crippen LogP contribution in [0, 0.1) is 6.92 Å². The van der Waals surface area contributed by atoms with Gasteiger partial charge in [0.2, 0.25) is 0 Å². The van der Waals surface area contributed by atoms with Crippen LogP contribution in [-0.2, 0) is 15.4 Å². The molecule has 0 atom stereocenters. The Morgan fingerprint density at radius 1 is 0.828 bits per heavy atom. The third kappa shape index (κ3) is 4.93. The van der Waals surface area contributed by atoms with E-state index < -0.39 is 10.0 Å². The molecule has 0 aromatic heterocycles. The number of hydrogen-bond donors (Lipinski definition) is 1. The number of benzene rings is 3. The first-order chi connectivity index (χ1) is 13.6. The molecule has 3 aromatic rings. The molecule has 0 fully saturated rings. The van der Waals surface area contributed by atoms with Crippen molar-refractivity contribution in [3.8, 4) is 0 Å². The Bertz CT molecular complexity index is 1120. The molecule has 0 unspecified atom stereocenters. The molecule has 0 heterocycles. The highest BCUT2D eigenvalue weighted by Crippen LogP contribution is 2.24. The molecular formula is C24H25NO3S. The van der Waals surface area contributed by atoms with Gasteiger partial charge in [-0.2, -0.15) is 0 Å². The highest BCUT2D eigenvalue weighted by atomic mass is 32.2. The summed E-state index contributed by atoms with van der Waals surface area (Å²) < 4.78 is 27.7. The Hall–Kier alpha value is -2.92. The summed E-state index contributed by atoms with van der Waals surface area (Å²) >= 11 is 0. The summed E-state index contributed by atoms with van der Waals surface area (Å²) in [5.41, 5.74) is 3.48. The average molecular weight is 408 g/mol. The highest BCUT2D eigenvalue weighted by molar-refractivity contribution is 7.92. The van der Waals surface area contributed by atoms with Crippen molar-refractivity contribution in [3.05, 3.63) is 95.1 Å². The number of hydrogen-bond acceptors (Lipinski definition) is 3. The molecule has 4 nitrogen and oxygen atoms in total. The van der Waals surface area contributed by atoms with E-state index in [2.05, 4.69) is 25.5 Å². The van der Waals surface area contributed by atoms with Gasteiger partial charge in [0.25, 0.3) is 10.0 Å². The van der Waals surface area contributed by atoms with E-state index in [0.29, 0.717) is 16.8 Å². The third-order valence-electron chi connectivity index (χ3n) is 4.72. The third-order valence-corrected chi connectivity index (χ3v) is 6.12. The fourth-order valence-corrected chi connectivity index (χ4v) is 3.99. The predicted molar refractivity (Wildman–Crippen MR) is 117 cm³/mol. The van der Waals surface area contributed by atoms with Crippen LogP contribution in [0.5, 0.6) is 0 Å². The first-order valence-electron chi connectivity index (χ1n) is 9.41. The molecule has 0 aliphatic heterocycles. The molecule has 5 heteroatoms. The van der Waals surface area contributed by atoms with Crippen LogP contribution in [0.3, 0.4) is 0 Å². The molecule has 0 aliphatic carbocycles. The van der Waals surface area contributed by atoms with Gasteiger partial charge < -0.3 is 0 Å². The number of nitrogens with one attached hydrogen (secondary N) is 1. The smallest absolute Gasteiger partial charge is 0.261 e. The summed E-state index contributed by atoms with van der Waals surface area (Å²) in [6.45, 7) is 8.25. The first kappa shape index (κ1) is 20.8. The van der Waals surface area contributed by atoms with Crippen molar-refractivity contribution in [2.45, 2.75) is 38.0 Å². The molecule has 1 N–H and O–H groups in total. The van der Waals surface area contributed by atoms with Crippen LogP contribution >= 0.6 is 0 Å². The van der Waals surface area contributed by atoms with Crippen LogP contribution in [0.25, 0.3) is 0 Å². The number of rotatable bonds is 5. The van der Waals surface area contributed by atoms with Crippen molar-refractivity contribution >= 4 is 21.5 Å². The lowest BCUT2D eigenvalue weighted by Crippen LogP contribution is -2.13. The molecule has 0 amide bonds. The van der Waals surface area contributed by atoms with E-state index >= 15 is 0 Å². The van der Waals surface area contributed by atoms with Crippen LogP contribution < -0.4 is 4.72 Å². The van der Waals surface area contributed by atoms with Crippen molar-refractivity contribution in [1.82, 2.24) is 0 Å². The van der Waals surface area contributed by atoms with Crippen molar-refractivity contribution in [2.24, 2.45) is 0 Å². The maximum Gasteiger partial charge on any atom is 0.261 e. The van der Waals surface area contributed by atoms with Gasteiger partial charge in [-0.1, -0.05) is 74.9 Å². The summed E-state index contributed by atoms with van der Waals surface area (Å²) in [5, 5.41) is 0. The summed E-state index contributed by atoms with van der Waals surface area (Å²) in [5.74, 6) is -0.151. The minimum Gasteiger partial charge on any atom is -0.289 e. The number of carbonyl (C=O) groups excluding carboxylic acids is 1. The maximum atomic E-state index is 12.9. The molecule has 0 saturated heterocycles. The number of carbonyl (C=O) groups is 1. The molecule has 0 saturated carbocycles. The fourth-order valence-electron chi connectivity index (χ4n) is 2.94. The van der Waals surface area contributed by atoms with Crippen molar-refractivity contribution < 1.29 is 13.2 Å². The van der Waals surface area contributed by atoms with Gasteiger partial charge in [-0.3, -0.25) is 9.52 Å². The monoisotopic (exact) mass is 407 g/mol. The van der Waals surface area contributed by atoms with Crippen molar-refractivity contribution in [3.63, 3.8) is 0 Å². The second-order valence-electron chi connectivity index (χ2n) is 8.16. The average Bonchev–Trinajstić information content (AvgIpc) is 2.67. The maximum absolute atomic E-state index is 12.9. The van der Waals surface area contributed by atoms with Gasteiger partial charge in [0.1, 0.15) is 0 Å². The lowest BCUT2D eigenvalue weighted by Gasteiger charge is -2.19. The van der Waals surface area contributed by atoms with E-state index in [9.17, 15) is 13.2 Å². The normalized spacial score (nSPS) is 11.9. The van der Waals surface area contributed by atoms with E-state index in [-0.39, 0.29) is 16.1 Å². The van der Waals surface area contributed by atoms with Gasteiger partial charge in [-0.25, -0.2) is 8.42 Å². The predicted octanol–water partition coefficient (Wildman–Crippen LogP) is 5.32. The summed E-state index contributed by atoms with van der Waals surface area (Å²) in [7, 11) is -3.72. The Kier molecular flexibility index (Phi) is 5.62. The van der Waals surface area contributed by atoms with Gasteiger partial charge in [0.05, 0.1) is 4.90 Å². The first-order valence-corrected chi connectivity index (χ1v) is 10.9. The van der Waals surface area contributed by atoms with E-state index in [1.165, 1.54) is 0 Å². The van der Waals surface area contributed by atoms with E-state index in [0.717, 1.165) is 11.1 Å². The molecule has 3 aromatic carbocycles. The number of anilines is 1.